The van der Waals surface area contributed by atoms with Gasteiger partial charge in [0.05, 0.1) is 26.4 Å². The maximum Gasteiger partial charge on any atom is 0.472 e. The third-order valence-corrected chi connectivity index (χ3v) is 17.2. The summed E-state index contributed by atoms with van der Waals surface area (Å²) in [6.45, 7) is 2.45. The highest BCUT2D eigenvalue weighted by Crippen LogP contribution is 2.45. The summed E-state index contributed by atoms with van der Waals surface area (Å²) in [6.07, 6.45) is 85.1. The summed E-state index contributed by atoms with van der Waals surface area (Å²) in [7, 11) is -9.79. The summed E-state index contributed by atoms with van der Waals surface area (Å²) in [5.74, 6) is -1.61. The molecule has 0 saturated heterocycles. The first kappa shape index (κ1) is 92.7. The van der Waals surface area contributed by atoms with Crippen LogP contribution < -0.4 is 0 Å². The Balaban J connectivity index is 4.52. The van der Waals surface area contributed by atoms with Gasteiger partial charge in [-0.3, -0.25) is 32.5 Å². The lowest BCUT2D eigenvalue weighted by Gasteiger charge is -2.21. The molecule has 0 amide bonds. The molecule has 556 valence electrons. The Morgan fingerprint density at radius 1 is 0.299 bits per heavy atom. The molecule has 0 aliphatic heterocycles. The molecule has 5 unspecified atom stereocenters. The van der Waals surface area contributed by atoms with Crippen LogP contribution in [0.25, 0.3) is 0 Å². The molecular weight excluding hydrogens is 1270 g/mol. The number of phosphoric acid groups is 2. The number of hydrogen-bond acceptors (Lipinski definition) is 14. The molecule has 0 radical (unpaired) electrons. The Kier molecular flexibility index (Phi) is 68.3. The van der Waals surface area contributed by atoms with Crippen molar-refractivity contribution in [3.63, 3.8) is 0 Å². The lowest BCUT2D eigenvalue weighted by Crippen LogP contribution is -2.30. The zero-order chi connectivity index (χ0) is 70.9. The molecule has 0 fully saturated rings. The molecule has 0 aliphatic rings. The molecule has 0 rings (SSSR count). The van der Waals surface area contributed by atoms with Gasteiger partial charge in [0.2, 0.25) is 0 Å². The fourth-order valence-corrected chi connectivity index (χ4v) is 11.2. The normalized spacial score (nSPS) is 14.8. The Hall–Kier alpha value is -4.31. The van der Waals surface area contributed by atoms with Gasteiger partial charge in [-0.05, 0) is 135 Å². The number of aliphatic hydroxyl groups excluding tert-OH is 2. The van der Waals surface area contributed by atoms with Crippen LogP contribution in [0.3, 0.4) is 0 Å². The first-order valence-electron chi connectivity index (χ1n) is 37.5. The summed E-state index contributed by atoms with van der Waals surface area (Å²) < 4.78 is 61.0. The number of esters is 3. The van der Waals surface area contributed by atoms with Crippen LogP contribution in [0.4, 0.5) is 0 Å². The van der Waals surface area contributed by atoms with E-state index < -0.39 is 91.5 Å². The molecule has 97 heavy (non-hydrogen) atoms. The molecule has 4 N–H and O–H groups in total. The first-order valence-corrected chi connectivity index (χ1v) is 40.5. The van der Waals surface area contributed by atoms with Crippen molar-refractivity contribution in [1.29, 1.82) is 0 Å². The van der Waals surface area contributed by atoms with Gasteiger partial charge in [-0.1, -0.05) is 270 Å². The van der Waals surface area contributed by atoms with Crippen LogP contribution in [-0.2, 0) is 55.8 Å². The molecule has 5 atom stereocenters. The molecule has 0 aromatic rings. The number of phosphoric ester groups is 2. The third kappa shape index (κ3) is 72.8. The quantitative estimate of drug-likeness (QED) is 0.0146. The zero-order valence-electron chi connectivity index (χ0n) is 60.5. The van der Waals surface area contributed by atoms with E-state index in [9.17, 15) is 43.5 Å². The van der Waals surface area contributed by atoms with Crippen molar-refractivity contribution >= 4 is 33.6 Å². The fourth-order valence-electron chi connectivity index (χ4n) is 9.60. The smallest absolute Gasteiger partial charge is 0.463 e. The van der Waals surface area contributed by atoms with Crippen LogP contribution >= 0.6 is 15.6 Å². The van der Waals surface area contributed by atoms with E-state index in [0.717, 1.165) is 173 Å². The van der Waals surface area contributed by atoms with Gasteiger partial charge in [0.25, 0.3) is 0 Å². The largest absolute Gasteiger partial charge is 0.472 e. The highest BCUT2D eigenvalue weighted by atomic mass is 31.2. The van der Waals surface area contributed by atoms with E-state index in [1.54, 1.807) is 0 Å². The van der Waals surface area contributed by atoms with Crippen LogP contribution in [0.2, 0.25) is 0 Å². The zero-order valence-corrected chi connectivity index (χ0v) is 62.2. The maximum atomic E-state index is 12.9. The number of hydrogen-bond donors (Lipinski definition) is 4. The Bertz CT molecular complexity index is 2300. The van der Waals surface area contributed by atoms with E-state index in [2.05, 4.69) is 154 Å². The molecule has 18 heteroatoms. The Labute approximate surface area is 588 Å². The predicted molar refractivity (Wildman–Crippen MR) is 399 cm³/mol. The molecule has 0 spiro atoms. The van der Waals surface area contributed by atoms with Gasteiger partial charge >= 0.3 is 33.6 Å². The van der Waals surface area contributed by atoms with E-state index in [1.165, 1.54) is 57.8 Å². The van der Waals surface area contributed by atoms with Gasteiger partial charge in [0, 0.05) is 19.3 Å². The van der Waals surface area contributed by atoms with E-state index in [0.29, 0.717) is 19.3 Å². The summed E-state index contributed by atoms with van der Waals surface area (Å²) in [6, 6.07) is 0. The lowest BCUT2D eigenvalue weighted by atomic mass is 10.1. The average Bonchev–Trinajstić information content (AvgIpc) is 1.56. The van der Waals surface area contributed by atoms with E-state index in [4.69, 9.17) is 32.3 Å². The topological polar surface area (TPSA) is 231 Å². The number of aliphatic hydroxyl groups is 2. The average molecular weight is 1400 g/mol. The van der Waals surface area contributed by atoms with Crippen LogP contribution in [0.15, 0.2) is 134 Å². The number of carbonyl (C=O) groups is 3. The van der Waals surface area contributed by atoms with Crippen molar-refractivity contribution in [3.8, 4) is 0 Å². The maximum absolute atomic E-state index is 12.9. The number of rotatable bonds is 70. The van der Waals surface area contributed by atoms with E-state index in [-0.39, 0.29) is 19.3 Å². The van der Waals surface area contributed by atoms with Gasteiger partial charge < -0.3 is 34.2 Å². The fraction of sp³-hybridized carbons (Fsp3) is 0.684. The van der Waals surface area contributed by atoms with E-state index in [1.807, 2.05) is 0 Å². The van der Waals surface area contributed by atoms with Crippen LogP contribution in [0.5, 0.6) is 0 Å². The second-order valence-electron chi connectivity index (χ2n) is 24.7. The summed E-state index contributed by atoms with van der Waals surface area (Å²) in [4.78, 5) is 58.5. The standard InChI is InChI=1S/C79H134O16P2/c1-4-7-10-13-16-19-22-24-26-28-30-32-34-35-36-37-39-41-42-44-46-48-51-53-56-59-62-65-77(82)89-68-74(80)69-91-96(85,86)92-70-75(81)71-93-97(87,88)94-73-76(95-79(84)67-64-61-58-55-50-21-18-15-12-9-6-3)72-90-78(83)66-63-60-57-54-52-49-47-45-43-40-38-33-31-29-27-25-23-20-17-14-11-8-5-2/h7,10,15-20,24-27,30-33,35-36,39-41,43,74-76,80-81H,4-6,8-9,11-14,21-23,28-29,34,37-38,42,44-73H2,1-3H3,(H,85,86)(H,87,88)/b10-7-,18-15-,19-16-,20-17-,26-24-,27-25-,32-30-,33-31-,36-35-,41-39-,43-40-. The second-order valence-corrected chi connectivity index (χ2v) is 27.6. The molecule has 0 aromatic heterocycles. The highest BCUT2D eigenvalue weighted by molar-refractivity contribution is 7.47. The number of allylic oxidation sites excluding steroid dienone is 22. The summed E-state index contributed by atoms with van der Waals surface area (Å²) >= 11 is 0. The summed E-state index contributed by atoms with van der Waals surface area (Å²) in [5, 5.41) is 20.6. The second kappa shape index (κ2) is 71.5. The molecule has 0 saturated carbocycles. The molecule has 0 aromatic carbocycles. The predicted octanol–water partition coefficient (Wildman–Crippen LogP) is 21.5. The minimum atomic E-state index is -4.93. The van der Waals surface area contributed by atoms with Crippen molar-refractivity contribution < 1.29 is 75.8 Å². The lowest BCUT2D eigenvalue weighted by molar-refractivity contribution is -0.161. The van der Waals surface area contributed by atoms with E-state index >= 15 is 0 Å². The molecular formula is C79H134O16P2. The molecule has 0 bridgehead atoms. The first-order chi connectivity index (χ1) is 47.2. The highest BCUT2D eigenvalue weighted by Gasteiger charge is 2.29. The van der Waals surface area contributed by atoms with Crippen LogP contribution in [0, 0.1) is 0 Å². The monoisotopic (exact) mass is 1400 g/mol. The van der Waals surface area contributed by atoms with Gasteiger partial charge in [0.1, 0.15) is 25.4 Å². The van der Waals surface area contributed by atoms with Crippen molar-refractivity contribution in [2.24, 2.45) is 0 Å². The SMILES string of the molecule is CC/C=C\C/C=C\C/C=C\C/C=C\C/C=C\C/C=C\CCCCCCCCCCC(=O)OCC(O)COP(=O)(O)OCC(O)COP(=O)(O)OCC(COC(=O)CCCCCCCCC/C=C\C/C=C\C/C=C\C/C=C\CCCCC)OC(=O)CCCCCCC/C=C\CCCC. The van der Waals surface area contributed by atoms with Gasteiger partial charge in [0.15, 0.2) is 6.10 Å². The van der Waals surface area contributed by atoms with Gasteiger partial charge in [-0.25, -0.2) is 9.13 Å². The number of unbranched alkanes of at least 4 members (excludes halogenated alkanes) is 25. The van der Waals surface area contributed by atoms with Crippen molar-refractivity contribution in [2.75, 3.05) is 39.6 Å². The molecule has 16 nitrogen and oxygen atoms in total. The Morgan fingerprint density at radius 3 is 0.907 bits per heavy atom. The van der Waals surface area contributed by atoms with Gasteiger partial charge in [-0.2, -0.15) is 0 Å². The third-order valence-electron chi connectivity index (χ3n) is 15.3. The molecule has 0 heterocycles. The summed E-state index contributed by atoms with van der Waals surface area (Å²) in [5.41, 5.74) is 0. The minimum Gasteiger partial charge on any atom is -0.463 e. The molecule has 0 aliphatic carbocycles. The minimum absolute atomic E-state index is 0.0889. The van der Waals surface area contributed by atoms with Crippen molar-refractivity contribution in [3.05, 3.63) is 134 Å². The van der Waals surface area contributed by atoms with Crippen LogP contribution in [0.1, 0.15) is 290 Å². The van der Waals surface area contributed by atoms with Crippen molar-refractivity contribution in [1.82, 2.24) is 0 Å². The van der Waals surface area contributed by atoms with Gasteiger partial charge in [-0.15, -0.1) is 0 Å². The number of ether oxygens (including phenoxy) is 3. The van der Waals surface area contributed by atoms with Crippen LogP contribution in [-0.4, -0.2) is 95.9 Å². The number of carbonyl (C=O) groups excluding carboxylic acids is 3. The Morgan fingerprint density at radius 2 is 0.557 bits per heavy atom. The van der Waals surface area contributed by atoms with Crippen molar-refractivity contribution in [2.45, 2.75) is 309 Å².